The predicted octanol–water partition coefficient (Wildman–Crippen LogP) is 2.15. The van der Waals surface area contributed by atoms with E-state index in [0.29, 0.717) is 11.3 Å². The van der Waals surface area contributed by atoms with Gasteiger partial charge in [-0.1, -0.05) is 11.6 Å². The molecule has 0 saturated carbocycles. The lowest BCUT2D eigenvalue weighted by Gasteiger charge is -2.11. The molecule has 1 aromatic carbocycles. The largest absolute Gasteiger partial charge is 0.503 e. The maximum absolute atomic E-state index is 10.9. The average Bonchev–Trinajstić information content (AvgIpc) is 2.75. The van der Waals surface area contributed by atoms with Gasteiger partial charge < -0.3 is 14.9 Å². The van der Waals surface area contributed by atoms with Crippen molar-refractivity contribution in [1.82, 2.24) is 9.78 Å². The summed E-state index contributed by atoms with van der Waals surface area (Å²) in [5.74, 6) is -1.15. The normalized spacial score (nSPS) is 10.5. The van der Waals surface area contributed by atoms with E-state index in [1.54, 1.807) is 13.1 Å². The summed E-state index contributed by atoms with van der Waals surface area (Å²) in [4.78, 5) is 10.9. The number of aromatic carboxylic acids is 1. The molecule has 0 bridgehead atoms. The summed E-state index contributed by atoms with van der Waals surface area (Å²) in [5.41, 5.74) is 0.919. The van der Waals surface area contributed by atoms with E-state index in [9.17, 15) is 9.90 Å². The van der Waals surface area contributed by atoms with Gasteiger partial charge in [-0.25, -0.2) is 4.79 Å². The molecule has 0 saturated heterocycles. The highest BCUT2D eigenvalue weighted by Gasteiger charge is 2.19. The molecular formula is C12H11ClN2O4. The van der Waals surface area contributed by atoms with Gasteiger partial charge in [-0.05, 0) is 18.2 Å². The van der Waals surface area contributed by atoms with E-state index in [0.717, 1.165) is 0 Å². The van der Waals surface area contributed by atoms with Gasteiger partial charge >= 0.3 is 5.97 Å². The molecule has 0 amide bonds. The monoisotopic (exact) mass is 282 g/mol. The number of rotatable bonds is 3. The summed E-state index contributed by atoms with van der Waals surface area (Å²) in [5, 5.41) is 22.8. The zero-order valence-corrected chi connectivity index (χ0v) is 11.0. The first-order chi connectivity index (χ1) is 8.95. The van der Waals surface area contributed by atoms with E-state index >= 15 is 0 Å². The predicted molar refractivity (Wildman–Crippen MR) is 68.8 cm³/mol. The Morgan fingerprint density at radius 3 is 2.68 bits per heavy atom. The molecule has 0 unspecified atom stereocenters. The van der Waals surface area contributed by atoms with Crippen LogP contribution in [0.15, 0.2) is 18.2 Å². The van der Waals surface area contributed by atoms with Gasteiger partial charge in [0.05, 0.1) is 17.8 Å². The molecule has 0 spiro atoms. The quantitative estimate of drug-likeness (QED) is 0.901. The van der Waals surface area contributed by atoms with Gasteiger partial charge in [0.2, 0.25) is 0 Å². The van der Waals surface area contributed by atoms with Crippen LogP contribution in [-0.2, 0) is 7.05 Å². The van der Waals surface area contributed by atoms with Crippen LogP contribution in [0.1, 0.15) is 10.5 Å². The van der Waals surface area contributed by atoms with Crippen LogP contribution in [0, 0.1) is 0 Å². The highest BCUT2D eigenvalue weighted by molar-refractivity contribution is 6.32. The molecule has 100 valence electrons. The minimum absolute atomic E-state index is 0.0889. The van der Waals surface area contributed by atoms with Crippen LogP contribution in [0.3, 0.4) is 0 Å². The first kappa shape index (κ1) is 13.2. The maximum Gasteiger partial charge on any atom is 0.356 e. The lowest BCUT2D eigenvalue weighted by Crippen LogP contribution is -1.99. The van der Waals surface area contributed by atoms with Crippen molar-refractivity contribution < 1.29 is 19.7 Å². The zero-order chi connectivity index (χ0) is 14.2. The van der Waals surface area contributed by atoms with Crippen molar-refractivity contribution in [3.05, 3.63) is 28.9 Å². The van der Waals surface area contributed by atoms with Gasteiger partial charge in [-0.2, -0.15) is 5.10 Å². The lowest BCUT2D eigenvalue weighted by atomic mass is 10.1. The molecule has 19 heavy (non-hydrogen) atoms. The summed E-state index contributed by atoms with van der Waals surface area (Å²) in [6.07, 6.45) is 0. The number of aromatic nitrogens is 2. The zero-order valence-electron chi connectivity index (χ0n) is 10.2. The van der Waals surface area contributed by atoms with Gasteiger partial charge in [0, 0.05) is 12.6 Å². The second-order valence-electron chi connectivity index (χ2n) is 3.82. The minimum Gasteiger partial charge on any atom is -0.503 e. The Balaban J connectivity index is 2.65. The number of benzene rings is 1. The molecule has 2 rings (SSSR count). The molecule has 6 nitrogen and oxygen atoms in total. The van der Waals surface area contributed by atoms with E-state index in [2.05, 4.69) is 5.10 Å². The number of hydrogen-bond acceptors (Lipinski definition) is 4. The van der Waals surface area contributed by atoms with Gasteiger partial charge in [-0.15, -0.1) is 0 Å². The van der Waals surface area contributed by atoms with Gasteiger partial charge in [0.1, 0.15) is 0 Å². The number of hydrogen-bond donors (Lipinski definition) is 2. The number of methoxy groups -OCH3 is 1. The Bertz CT molecular complexity index is 651. The first-order valence-electron chi connectivity index (χ1n) is 5.29. The number of halogens is 1. The lowest BCUT2D eigenvalue weighted by molar-refractivity contribution is 0.0689. The third kappa shape index (κ3) is 2.22. The molecule has 0 aliphatic rings. The van der Waals surface area contributed by atoms with E-state index in [4.69, 9.17) is 21.4 Å². The van der Waals surface area contributed by atoms with Crippen molar-refractivity contribution >= 4 is 17.6 Å². The number of aromatic hydroxyl groups is 1. The second-order valence-corrected chi connectivity index (χ2v) is 4.23. The highest BCUT2D eigenvalue weighted by Crippen LogP contribution is 2.41. The smallest absolute Gasteiger partial charge is 0.356 e. The van der Waals surface area contributed by atoms with Crippen molar-refractivity contribution in [3.63, 3.8) is 0 Å². The van der Waals surface area contributed by atoms with Crippen molar-refractivity contribution in [1.29, 1.82) is 0 Å². The Labute approximate surface area is 113 Å². The van der Waals surface area contributed by atoms with Crippen LogP contribution in [-0.4, -0.2) is 33.1 Å². The third-order valence-corrected chi connectivity index (χ3v) is 2.97. The summed E-state index contributed by atoms with van der Waals surface area (Å²) in [6, 6.07) is 4.53. The van der Waals surface area contributed by atoms with E-state index < -0.39 is 5.97 Å². The van der Waals surface area contributed by atoms with E-state index in [1.807, 2.05) is 0 Å². The first-order valence-corrected chi connectivity index (χ1v) is 5.66. The van der Waals surface area contributed by atoms with Crippen LogP contribution in [0.2, 0.25) is 5.02 Å². The number of ether oxygens (including phenoxy) is 1. The van der Waals surface area contributed by atoms with Crippen LogP contribution in [0.5, 0.6) is 11.5 Å². The molecule has 1 heterocycles. The number of phenols is 1. The molecule has 0 radical (unpaired) electrons. The summed E-state index contributed by atoms with van der Waals surface area (Å²) in [7, 11) is 3.00. The SMILES string of the molecule is COc1c(-c2cc(C(=O)O)nn2C)ccc(Cl)c1O. The number of carbonyl (C=O) groups is 1. The van der Waals surface area contributed by atoms with Gasteiger partial charge in [0.15, 0.2) is 17.2 Å². The van der Waals surface area contributed by atoms with Crippen LogP contribution < -0.4 is 4.74 Å². The van der Waals surface area contributed by atoms with E-state index in [1.165, 1.54) is 23.9 Å². The molecule has 0 aliphatic heterocycles. The molecule has 2 N–H and O–H groups in total. The molecule has 0 fully saturated rings. The second kappa shape index (κ2) is 4.81. The molecule has 7 heteroatoms. The maximum atomic E-state index is 10.9. The van der Waals surface area contributed by atoms with Gasteiger partial charge in [0.25, 0.3) is 0 Å². The molecule has 0 aliphatic carbocycles. The average molecular weight is 283 g/mol. The van der Waals surface area contributed by atoms with Crippen LogP contribution in [0.4, 0.5) is 0 Å². The van der Waals surface area contributed by atoms with E-state index in [-0.39, 0.29) is 22.2 Å². The fourth-order valence-corrected chi connectivity index (χ4v) is 1.93. The Kier molecular flexibility index (Phi) is 3.35. The topological polar surface area (TPSA) is 84.6 Å². The van der Waals surface area contributed by atoms with Crippen molar-refractivity contribution in [2.24, 2.45) is 7.05 Å². The third-order valence-electron chi connectivity index (χ3n) is 2.66. The Hall–Kier alpha value is -2.21. The highest BCUT2D eigenvalue weighted by atomic mass is 35.5. The summed E-state index contributed by atoms with van der Waals surface area (Å²) in [6.45, 7) is 0. The standard InChI is InChI=1S/C12H11ClN2O4/c1-15-9(5-8(14-15)12(17)18)6-3-4-7(13)10(16)11(6)19-2/h3-5,16H,1-2H3,(H,17,18). The molecule has 0 atom stereocenters. The van der Waals surface area contributed by atoms with Crippen molar-refractivity contribution in [2.75, 3.05) is 7.11 Å². The summed E-state index contributed by atoms with van der Waals surface area (Å²) >= 11 is 5.80. The number of aryl methyl sites for hydroxylation is 1. The van der Waals surface area contributed by atoms with Crippen LogP contribution in [0.25, 0.3) is 11.3 Å². The van der Waals surface area contributed by atoms with Crippen LogP contribution >= 0.6 is 11.6 Å². The molecular weight excluding hydrogens is 272 g/mol. The number of nitrogens with zero attached hydrogens (tertiary/aromatic N) is 2. The molecule has 2 aromatic rings. The Morgan fingerprint density at radius 2 is 2.16 bits per heavy atom. The Morgan fingerprint density at radius 1 is 1.47 bits per heavy atom. The molecule has 1 aromatic heterocycles. The van der Waals surface area contributed by atoms with Crippen molar-refractivity contribution in [3.8, 4) is 22.8 Å². The number of carboxylic acids is 1. The number of phenolic OH excluding ortho intramolecular Hbond substituents is 1. The summed E-state index contributed by atoms with van der Waals surface area (Å²) < 4.78 is 6.51. The van der Waals surface area contributed by atoms with Gasteiger partial charge in [-0.3, -0.25) is 4.68 Å². The minimum atomic E-state index is -1.13. The fraction of sp³-hybridized carbons (Fsp3) is 0.167. The van der Waals surface area contributed by atoms with Crippen molar-refractivity contribution in [2.45, 2.75) is 0 Å². The number of carboxylic acid groups (broad SMARTS) is 1. The fourth-order valence-electron chi connectivity index (χ4n) is 1.78.